The fourth-order valence-electron chi connectivity index (χ4n) is 3.61. The fourth-order valence-corrected chi connectivity index (χ4v) is 3.61. The molecule has 0 spiro atoms. The van der Waals surface area contributed by atoms with Gasteiger partial charge in [-0.2, -0.15) is 0 Å². The Balaban J connectivity index is 2.10. The standard InChI is InChI=1S/C22H34N2O4/c1-6-15(3)20(24-21(25)16-9-7-14(2)8-10-16)22(26)23-18-12-11-17(27-4)13-19(18)28-5/h11-16,20H,6-10H2,1-5H3,(H,23,26)(H,24,25)/t14?,15-,16?,20+/m0/s1. The lowest BCUT2D eigenvalue weighted by molar-refractivity contribution is -0.131. The normalized spacial score (nSPS) is 21.3. The molecule has 28 heavy (non-hydrogen) atoms. The van der Waals surface area contributed by atoms with Crippen LogP contribution in [0.2, 0.25) is 0 Å². The molecule has 0 heterocycles. The Bertz CT molecular complexity index is 669. The third-order valence-corrected chi connectivity index (χ3v) is 5.85. The first-order valence-electron chi connectivity index (χ1n) is 10.2. The molecule has 2 N–H and O–H groups in total. The molecule has 1 fully saturated rings. The molecule has 0 bridgehead atoms. The molecular weight excluding hydrogens is 356 g/mol. The van der Waals surface area contributed by atoms with E-state index in [4.69, 9.17) is 9.47 Å². The van der Waals surface area contributed by atoms with Crippen molar-refractivity contribution in [3.63, 3.8) is 0 Å². The molecule has 1 aliphatic rings. The molecule has 1 aromatic carbocycles. The largest absolute Gasteiger partial charge is 0.497 e. The lowest BCUT2D eigenvalue weighted by Crippen LogP contribution is -2.49. The monoisotopic (exact) mass is 390 g/mol. The number of ether oxygens (including phenoxy) is 2. The van der Waals surface area contributed by atoms with Crippen LogP contribution in [0.25, 0.3) is 0 Å². The van der Waals surface area contributed by atoms with Crippen LogP contribution in [0.5, 0.6) is 11.5 Å². The number of benzene rings is 1. The topological polar surface area (TPSA) is 76.7 Å². The molecule has 156 valence electrons. The zero-order chi connectivity index (χ0) is 20.7. The second-order valence-electron chi connectivity index (χ2n) is 7.88. The number of hydrogen-bond donors (Lipinski definition) is 2. The molecule has 0 saturated heterocycles. The molecular formula is C22H34N2O4. The first-order chi connectivity index (χ1) is 13.4. The van der Waals surface area contributed by atoms with Crippen molar-refractivity contribution in [2.24, 2.45) is 17.8 Å². The van der Waals surface area contributed by atoms with Crippen LogP contribution < -0.4 is 20.1 Å². The van der Waals surface area contributed by atoms with Crippen LogP contribution >= 0.6 is 0 Å². The number of hydrogen-bond acceptors (Lipinski definition) is 4. The highest BCUT2D eigenvalue weighted by molar-refractivity contribution is 5.98. The van der Waals surface area contributed by atoms with Gasteiger partial charge in [-0.25, -0.2) is 0 Å². The van der Waals surface area contributed by atoms with Gasteiger partial charge in [-0.05, 0) is 49.7 Å². The summed E-state index contributed by atoms with van der Waals surface area (Å²) >= 11 is 0. The highest BCUT2D eigenvalue weighted by Crippen LogP contribution is 2.30. The van der Waals surface area contributed by atoms with E-state index in [-0.39, 0.29) is 23.7 Å². The van der Waals surface area contributed by atoms with Crippen LogP contribution in [0.1, 0.15) is 52.9 Å². The summed E-state index contributed by atoms with van der Waals surface area (Å²) in [5.74, 6) is 1.64. The quantitative estimate of drug-likeness (QED) is 0.703. The van der Waals surface area contributed by atoms with Gasteiger partial charge in [0.1, 0.15) is 17.5 Å². The number of carbonyl (C=O) groups excluding carboxylic acids is 2. The van der Waals surface area contributed by atoms with Gasteiger partial charge in [0.25, 0.3) is 0 Å². The van der Waals surface area contributed by atoms with E-state index >= 15 is 0 Å². The first kappa shape index (κ1) is 22.1. The van der Waals surface area contributed by atoms with Crippen LogP contribution in [-0.4, -0.2) is 32.1 Å². The highest BCUT2D eigenvalue weighted by Gasteiger charge is 2.31. The van der Waals surface area contributed by atoms with Crippen molar-refractivity contribution in [1.29, 1.82) is 0 Å². The van der Waals surface area contributed by atoms with Crippen molar-refractivity contribution in [3.05, 3.63) is 18.2 Å². The third kappa shape index (κ3) is 5.63. The molecule has 2 atom stereocenters. The minimum absolute atomic E-state index is 0.00551. The predicted octanol–water partition coefficient (Wildman–Crippen LogP) is 4.00. The molecule has 2 amide bonds. The summed E-state index contributed by atoms with van der Waals surface area (Å²) < 4.78 is 10.6. The van der Waals surface area contributed by atoms with Crippen molar-refractivity contribution in [3.8, 4) is 11.5 Å². The summed E-state index contributed by atoms with van der Waals surface area (Å²) in [5, 5.41) is 5.93. The summed E-state index contributed by atoms with van der Waals surface area (Å²) in [7, 11) is 3.12. The predicted molar refractivity (Wildman–Crippen MR) is 111 cm³/mol. The Morgan fingerprint density at radius 3 is 2.39 bits per heavy atom. The molecule has 0 unspecified atom stereocenters. The average molecular weight is 391 g/mol. The number of carbonyl (C=O) groups is 2. The zero-order valence-corrected chi connectivity index (χ0v) is 17.7. The minimum Gasteiger partial charge on any atom is -0.497 e. The van der Waals surface area contributed by atoms with E-state index < -0.39 is 6.04 Å². The Morgan fingerprint density at radius 1 is 1.14 bits per heavy atom. The Kier molecular flexibility index (Phi) is 8.15. The SMILES string of the molecule is CC[C@H](C)[C@@H](NC(=O)C1CCC(C)CC1)C(=O)Nc1ccc(OC)cc1OC. The molecule has 0 aliphatic heterocycles. The maximum absolute atomic E-state index is 13.0. The van der Waals surface area contributed by atoms with Gasteiger partial charge in [0.2, 0.25) is 11.8 Å². The van der Waals surface area contributed by atoms with Gasteiger partial charge < -0.3 is 20.1 Å². The number of nitrogens with one attached hydrogen (secondary N) is 2. The van der Waals surface area contributed by atoms with Crippen LogP contribution in [-0.2, 0) is 9.59 Å². The van der Waals surface area contributed by atoms with E-state index in [1.54, 1.807) is 32.4 Å². The molecule has 6 heteroatoms. The van der Waals surface area contributed by atoms with Crippen LogP contribution in [0.3, 0.4) is 0 Å². The number of anilines is 1. The highest BCUT2D eigenvalue weighted by atomic mass is 16.5. The third-order valence-electron chi connectivity index (χ3n) is 5.85. The van der Waals surface area contributed by atoms with Gasteiger partial charge in [0.05, 0.1) is 19.9 Å². The molecule has 1 aliphatic carbocycles. The second-order valence-corrected chi connectivity index (χ2v) is 7.88. The first-order valence-corrected chi connectivity index (χ1v) is 10.2. The summed E-state index contributed by atoms with van der Waals surface area (Å²) in [4.78, 5) is 25.8. The summed E-state index contributed by atoms with van der Waals surface area (Å²) in [6.45, 7) is 6.23. The van der Waals surface area contributed by atoms with E-state index in [2.05, 4.69) is 17.6 Å². The van der Waals surface area contributed by atoms with Crippen molar-refractivity contribution >= 4 is 17.5 Å². The lowest BCUT2D eigenvalue weighted by Gasteiger charge is -2.29. The van der Waals surface area contributed by atoms with E-state index in [0.717, 1.165) is 32.1 Å². The van der Waals surface area contributed by atoms with Gasteiger partial charge in [0, 0.05) is 12.0 Å². The molecule has 1 aromatic rings. The Labute approximate surface area is 168 Å². The number of methoxy groups -OCH3 is 2. The second kappa shape index (κ2) is 10.3. The van der Waals surface area contributed by atoms with E-state index in [1.807, 2.05) is 13.8 Å². The van der Waals surface area contributed by atoms with Crippen molar-refractivity contribution in [1.82, 2.24) is 5.32 Å². The van der Waals surface area contributed by atoms with Crippen LogP contribution in [0, 0.1) is 17.8 Å². The Morgan fingerprint density at radius 2 is 1.82 bits per heavy atom. The molecule has 6 nitrogen and oxygen atoms in total. The lowest BCUT2D eigenvalue weighted by atomic mass is 9.82. The van der Waals surface area contributed by atoms with Gasteiger partial charge in [0.15, 0.2) is 0 Å². The number of rotatable bonds is 8. The van der Waals surface area contributed by atoms with Gasteiger partial charge in [-0.1, -0.05) is 27.2 Å². The minimum atomic E-state index is -0.580. The summed E-state index contributed by atoms with van der Waals surface area (Å²) in [6.07, 6.45) is 4.73. The maximum atomic E-state index is 13.0. The average Bonchev–Trinajstić information content (AvgIpc) is 2.71. The van der Waals surface area contributed by atoms with Crippen molar-refractivity contribution in [2.75, 3.05) is 19.5 Å². The molecule has 1 saturated carbocycles. The van der Waals surface area contributed by atoms with Gasteiger partial charge in [-0.3, -0.25) is 9.59 Å². The Hall–Kier alpha value is -2.24. The fraction of sp³-hybridized carbons (Fsp3) is 0.636. The van der Waals surface area contributed by atoms with Crippen LogP contribution in [0.4, 0.5) is 5.69 Å². The van der Waals surface area contributed by atoms with E-state index in [0.29, 0.717) is 23.1 Å². The van der Waals surface area contributed by atoms with Crippen LogP contribution in [0.15, 0.2) is 18.2 Å². The smallest absolute Gasteiger partial charge is 0.247 e. The van der Waals surface area contributed by atoms with E-state index in [9.17, 15) is 9.59 Å². The zero-order valence-electron chi connectivity index (χ0n) is 17.7. The van der Waals surface area contributed by atoms with Crippen molar-refractivity contribution < 1.29 is 19.1 Å². The summed E-state index contributed by atoms with van der Waals surface area (Å²) in [5.41, 5.74) is 0.558. The van der Waals surface area contributed by atoms with Gasteiger partial charge in [-0.15, -0.1) is 0 Å². The maximum Gasteiger partial charge on any atom is 0.247 e. The molecule has 2 rings (SSSR count). The van der Waals surface area contributed by atoms with E-state index in [1.165, 1.54) is 0 Å². The molecule has 0 aromatic heterocycles. The summed E-state index contributed by atoms with van der Waals surface area (Å²) in [6, 6.07) is 4.64. The molecule has 0 radical (unpaired) electrons. The van der Waals surface area contributed by atoms with Gasteiger partial charge >= 0.3 is 0 Å². The number of amides is 2. The van der Waals surface area contributed by atoms with Crippen molar-refractivity contribution in [2.45, 2.75) is 58.9 Å².